The Bertz CT molecular complexity index is 486. The summed E-state index contributed by atoms with van der Waals surface area (Å²) in [5.41, 5.74) is 2.70. The fourth-order valence-corrected chi connectivity index (χ4v) is 4.01. The molecule has 0 saturated carbocycles. The van der Waals surface area contributed by atoms with Crippen LogP contribution in [0.3, 0.4) is 0 Å². The average Bonchev–Trinajstić information content (AvgIpc) is 2.92. The van der Waals surface area contributed by atoms with Crippen LogP contribution in [0.1, 0.15) is 30.5 Å². The van der Waals surface area contributed by atoms with Gasteiger partial charge in [-0.2, -0.15) is 11.8 Å². The van der Waals surface area contributed by atoms with Gasteiger partial charge in [0.2, 0.25) is 0 Å². The van der Waals surface area contributed by atoms with E-state index in [0.717, 1.165) is 5.25 Å². The molecule has 2 aromatic rings. The van der Waals surface area contributed by atoms with Crippen molar-refractivity contribution >= 4 is 11.8 Å². The van der Waals surface area contributed by atoms with Crippen LogP contribution in [0.5, 0.6) is 0 Å². The third kappa shape index (κ3) is 3.25. The summed E-state index contributed by atoms with van der Waals surface area (Å²) in [6.07, 6.45) is 1.26. The Labute approximate surface area is 125 Å². The van der Waals surface area contributed by atoms with E-state index < -0.39 is 0 Å². The fourth-order valence-electron chi connectivity index (χ4n) is 2.84. The van der Waals surface area contributed by atoms with Crippen molar-refractivity contribution in [1.29, 1.82) is 0 Å². The second kappa shape index (κ2) is 6.47. The molecule has 3 rings (SSSR count). The highest BCUT2D eigenvalue weighted by atomic mass is 32.2. The van der Waals surface area contributed by atoms with Crippen LogP contribution >= 0.6 is 11.8 Å². The lowest BCUT2D eigenvalue weighted by atomic mass is 9.97. The first kappa shape index (κ1) is 13.7. The van der Waals surface area contributed by atoms with Crippen LogP contribution in [0.15, 0.2) is 60.7 Å². The van der Waals surface area contributed by atoms with E-state index in [9.17, 15) is 0 Å². The maximum atomic E-state index is 3.86. The molecular formula is C18H21NS. The third-order valence-electron chi connectivity index (χ3n) is 3.87. The van der Waals surface area contributed by atoms with Gasteiger partial charge in [-0.15, -0.1) is 0 Å². The second-order valence-electron chi connectivity index (χ2n) is 5.50. The molecule has 1 fully saturated rings. The molecule has 1 N–H and O–H groups in total. The first-order chi connectivity index (χ1) is 9.83. The van der Waals surface area contributed by atoms with Crippen molar-refractivity contribution in [3.63, 3.8) is 0 Å². The molecule has 2 atom stereocenters. The maximum absolute atomic E-state index is 3.86. The van der Waals surface area contributed by atoms with Gasteiger partial charge in [0, 0.05) is 17.0 Å². The molecule has 2 aromatic carbocycles. The van der Waals surface area contributed by atoms with Gasteiger partial charge in [0.25, 0.3) is 0 Å². The summed E-state index contributed by atoms with van der Waals surface area (Å²) in [7, 11) is 0. The van der Waals surface area contributed by atoms with E-state index in [4.69, 9.17) is 0 Å². The summed E-state index contributed by atoms with van der Waals surface area (Å²) >= 11 is 2.08. The van der Waals surface area contributed by atoms with Gasteiger partial charge in [0.15, 0.2) is 0 Å². The number of hydrogen-bond donors (Lipinski definition) is 1. The smallest absolute Gasteiger partial charge is 0.0579 e. The molecule has 1 saturated heterocycles. The van der Waals surface area contributed by atoms with Gasteiger partial charge in [-0.1, -0.05) is 67.6 Å². The highest BCUT2D eigenvalue weighted by Crippen LogP contribution is 2.30. The van der Waals surface area contributed by atoms with E-state index in [1.807, 2.05) is 0 Å². The topological polar surface area (TPSA) is 12.0 Å². The molecule has 0 aliphatic carbocycles. The maximum Gasteiger partial charge on any atom is 0.0579 e. The second-order valence-corrected chi connectivity index (χ2v) is 6.97. The van der Waals surface area contributed by atoms with E-state index >= 15 is 0 Å². The molecule has 0 radical (unpaired) electrons. The molecule has 1 nitrogen and oxygen atoms in total. The van der Waals surface area contributed by atoms with Gasteiger partial charge in [0.05, 0.1) is 6.04 Å². The van der Waals surface area contributed by atoms with Crippen molar-refractivity contribution in [2.75, 3.05) is 5.75 Å². The van der Waals surface area contributed by atoms with Crippen molar-refractivity contribution in [3.8, 4) is 0 Å². The summed E-state index contributed by atoms with van der Waals surface area (Å²) < 4.78 is 0. The van der Waals surface area contributed by atoms with Crippen LogP contribution < -0.4 is 5.32 Å². The lowest BCUT2D eigenvalue weighted by Crippen LogP contribution is -2.33. The van der Waals surface area contributed by atoms with Crippen LogP contribution in [0.2, 0.25) is 0 Å². The summed E-state index contributed by atoms with van der Waals surface area (Å²) in [6, 6.07) is 22.4. The third-order valence-corrected chi connectivity index (χ3v) is 5.22. The van der Waals surface area contributed by atoms with E-state index in [-0.39, 0.29) is 0 Å². The molecule has 0 aromatic heterocycles. The lowest BCUT2D eigenvalue weighted by molar-refractivity contribution is 0.492. The highest BCUT2D eigenvalue weighted by Gasteiger charge is 2.25. The Hall–Kier alpha value is -1.25. The number of benzene rings is 2. The van der Waals surface area contributed by atoms with E-state index in [0.29, 0.717) is 12.1 Å². The van der Waals surface area contributed by atoms with Crippen molar-refractivity contribution < 1.29 is 0 Å². The van der Waals surface area contributed by atoms with Gasteiger partial charge < -0.3 is 5.32 Å². The largest absolute Gasteiger partial charge is 0.303 e. The first-order valence-electron chi connectivity index (χ1n) is 7.30. The SMILES string of the molecule is CC1CC(NC(c2ccccc2)c2ccccc2)CS1. The summed E-state index contributed by atoms with van der Waals surface area (Å²) in [6.45, 7) is 2.33. The standard InChI is InChI=1S/C18H21NS/c1-14-12-17(13-20-14)19-18(15-8-4-2-5-9-15)16-10-6-3-7-11-16/h2-11,14,17-19H,12-13H2,1H3. The van der Waals surface area contributed by atoms with Crippen LogP contribution in [0.4, 0.5) is 0 Å². The molecule has 1 heterocycles. The van der Waals surface area contributed by atoms with Crippen LogP contribution in [-0.4, -0.2) is 17.0 Å². The zero-order chi connectivity index (χ0) is 13.8. The lowest BCUT2D eigenvalue weighted by Gasteiger charge is -2.24. The molecule has 20 heavy (non-hydrogen) atoms. The van der Waals surface area contributed by atoms with Crippen LogP contribution in [0.25, 0.3) is 0 Å². The molecular weight excluding hydrogens is 262 g/mol. The molecule has 0 amide bonds. The van der Waals surface area contributed by atoms with Gasteiger partial charge in [-0.25, -0.2) is 0 Å². The van der Waals surface area contributed by atoms with E-state index in [1.165, 1.54) is 23.3 Å². The Morgan fingerprint density at radius 3 is 1.95 bits per heavy atom. The minimum absolute atomic E-state index is 0.299. The molecule has 0 bridgehead atoms. The van der Waals surface area contributed by atoms with Gasteiger partial charge in [-0.3, -0.25) is 0 Å². The normalized spacial score (nSPS) is 22.3. The highest BCUT2D eigenvalue weighted by molar-refractivity contribution is 8.00. The van der Waals surface area contributed by atoms with Gasteiger partial charge in [-0.05, 0) is 17.5 Å². The number of rotatable bonds is 4. The van der Waals surface area contributed by atoms with Crippen LogP contribution in [0, 0.1) is 0 Å². The Kier molecular flexibility index (Phi) is 4.44. The van der Waals surface area contributed by atoms with E-state index in [1.54, 1.807) is 0 Å². The zero-order valence-electron chi connectivity index (χ0n) is 11.8. The number of hydrogen-bond acceptors (Lipinski definition) is 2. The monoisotopic (exact) mass is 283 g/mol. The van der Waals surface area contributed by atoms with Crippen LogP contribution in [-0.2, 0) is 0 Å². The minimum atomic E-state index is 0.299. The predicted octanol–water partition coefficient (Wildman–Crippen LogP) is 4.26. The van der Waals surface area contributed by atoms with E-state index in [2.05, 4.69) is 84.7 Å². The molecule has 104 valence electrons. The average molecular weight is 283 g/mol. The fraction of sp³-hybridized carbons (Fsp3) is 0.333. The number of thioether (sulfide) groups is 1. The van der Waals surface area contributed by atoms with Crippen molar-refractivity contribution in [3.05, 3.63) is 71.8 Å². The molecule has 0 spiro atoms. The van der Waals surface area contributed by atoms with Crippen molar-refractivity contribution in [1.82, 2.24) is 5.32 Å². The molecule has 2 unspecified atom stereocenters. The molecule has 1 aliphatic heterocycles. The Morgan fingerprint density at radius 2 is 1.50 bits per heavy atom. The summed E-state index contributed by atoms with van der Waals surface area (Å²) in [5.74, 6) is 1.22. The van der Waals surface area contributed by atoms with Crippen molar-refractivity contribution in [2.45, 2.75) is 30.7 Å². The first-order valence-corrected chi connectivity index (χ1v) is 8.35. The summed E-state index contributed by atoms with van der Waals surface area (Å²) in [5, 5.41) is 4.64. The zero-order valence-corrected chi connectivity index (χ0v) is 12.6. The molecule has 2 heteroatoms. The van der Waals surface area contributed by atoms with Gasteiger partial charge in [0.1, 0.15) is 0 Å². The van der Waals surface area contributed by atoms with Crippen molar-refractivity contribution in [2.24, 2.45) is 0 Å². The Balaban J connectivity index is 1.84. The quantitative estimate of drug-likeness (QED) is 0.900. The molecule has 1 aliphatic rings. The number of nitrogens with one attached hydrogen (secondary N) is 1. The van der Waals surface area contributed by atoms with Gasteiger partial charge >= 0.3 is 0 Å². The Morgan fingerprint density at radius 1 is 0.950 bits per heavy atom. The predicted molar refractivity (Wildman–Crippen MR) is 88.2 cm³/mol. The minimum Gasteiger partial charge on any atom is -0.303 e. The summed E-state index contributed by atoms with van der Waals surface area (Å²) in [4.78, 5) is 0.